The fourth-order valence-electron chi connectivity index (χ4n) is 3.20. The van der Waals surface area contributed by atoms with Crippen molar-refractivity contribution in [1.29, 1.82) is 0 Å². The topological polar surface area (TPSA) is 47.7 Å². The van der Waals surface area contributed by atoms with E-state index in [4.69, 9.17) is 9.47 Å². The van der Waals surface area contributed by atoms with Gasteiger partial charge >= 0.3 is 5.17 Å². The normalized spacial score (nSPS) is 36.9. The van der Waals surface area contributed by atoms with E-state index in [9.17, 15) is 0 Å². The van der Waals surface area contributed by atoms with Crippen molar-refractivity contribution in [3.63, 3.8) is 0 Å². The highest BCUT2D eigenvalue weighted by atomic mass is 32.2. The second-order valence-electron chi connectivity index (χ2n) is 5.79. The molecule has 0 bridgehead atoms. The first kappa shape index (κ1) is 14.6. The minimum Gasteiger partial charge on any atom is -0.381 e. The molecule has 0 amide bonds. The summed E-state index contributed by atoms with van der Waals surface area (Å²) in [5.41, 5.74) is 0. The molecule has 3 atom stereocenters. The van der Waals surface area contributed by atoms with Crippen molar-refractivity contribution in [2.75, 3.05) is 46.5 Å². The molecule has 0 spiro atoms. The first-order chi connectivity index (χ1) is 9.85. The van der Waals surface area contributed by atoms with Crippen LogP contribution in [0.1, 0.15) is 19.3 Å². The molecule has 5 nitrogen and oxygen atoms in total. The monoisotopic (exact) mass is 300 g/mol. The average Bonchev–Trinajstić information content (AvgIpc) is 2.90. The summed E-state index contributed by atoms with van der Waals surface area (Å²) in [6, 6.07) is 0.636. The Balaban J connectivity index is 1.43. The van der Waals surface area contributed by atoms with Gasteiger partial charge in [-0.05, 0) is 31.0 Å². The van der Waals surface area contributed by atoms with Crippen LogP contribution in [-0.2, 0) is 9.47 Å². The maximum atomic E-state index is 5.51. The van der Waals surface area contributed by atoms with Crippen LogP contribution in [0, 0.1) is 0 Å². The van der Waals surface area contributed by atoms with Gasteiger partial charge in [-0.1, -0.05) is 0 Å². The van der Waals surface area contributed by atoms with Crippen LogP contribution in [0.25, 0.3) is 0 Å². The molecule has 0 aromatic carbocycles. The van der Waals surface area contributed by atoms with Gasteiger partial charge in [-0.25, -0.2) is 0 Å². The Morgan fingerprint density at radius 3 is 3.05 bits per heavy atom. The Hall–Kier alpha value is -0.300. The number of fused-ring (bicyclic) bond motifs is 1. The van der Waals surface area contributed by atoms with Gasteiger partial charge in [-0.2, -0.15) is 0 Å². The van der Waals surface area contributed by atoms with Gasteiger partial charge in [0.2, 0.25) is 0 Å². The summed E-state index contributed by atoms with van der Waals surface area (Å²) in [6.07, 6.45) is 4.04. The summed E-state index contributed by atoms with van der Waals surface area (Å²) in [6.45, 7) is 6.02. The van der Waals surface area contributed by atoms with E-state index in [0.29, 0.717) is 17.4 Å². The molecule has 114 valence electrons. The van der Waals surface area contributed by atoms with Gasteiger partial charge in [-0.3, -0.25) is 15.2 Å². The molecule has 2 saturated heterocycles. The van der Waals surface area contributed by atoms with Crippen LogP contribution >= 0.6 is 11.8 Å². The number of morpholine rings is 1. The van der Waals surface area contributed by atoms with Crippen molar-refractivity contribution in [2.45, 2.75) is 36.7 Å². The minimum absolute atomic E-state index is 0.457. The van der Waals surface area contributed by atoms with Gasteiger partial charge in [0, 0.05) is 26.7 Å². The molecule has 0 aromatic rings. The molecule has 3 unspecified atom stereocenters. The zero-order chi connectivity index (χ0) is 13.8. The van der Waals surface area contributed by atoms with Crippen LogP contribution < -0.4 is 10.3 Å². The van der Waals surface area contributed by atoms with Gasteiger partial charge in [-0.15, -0.1) is 0 Å². The summed E-state index contributed by atoms with van der Waals surface area (Å²) in [4.78, 5) is 6.03. The fraction of sp³-hybridized carbons (Fsp3) is 0.929. The highest BCUT2D eigenvalue weighted by molar-refractivity contribution is 8.14. The van der Waals surface area contributed by atoms with Gasteiger partial charge in [0.15, 0.2) is 0 Å². The Kier molecular flexibility index (Phi) is 5.20. The van der Waals surface area contributed by atoms with E-state index < -0.39 is 0 Å². The molecule has 3 fully saturated rings. The van der Waals surface area contributed by atoms with E-state index in [0.717, 1.165) is 39.4 Å². The molecule has 6 heteroatoms. The average molecular weight is 300 g/mol. The Bertz CT molecular complexity index is 347. The third-order valence-electron chi connectivity index (χ3n) is 4.48. The number of hydrogen-bond acceptors (Lipinski definition) is 4. The molecule has 2 aliphatic heterocycles. The first-order valence-corrected chi connectivity index (χ1v) is 8.60. The zero-order valence-electron chi connectivity index (χ0n) is 12.3. The lowest BCUT2D eigenvalue weighted by molar-refractivity contribution is -0.456. The van der Waals surface area contributed by atoms with Crippen molar-refractivity contribution in [3.05, 3.63) is 0 Å². The van der Waals surface area contributed by atoms with Gasteiger partial charge < -0.3 is 9.47 Å². The minimum atomic E-state index is 0.457. The lowest BCUT2D eigenvalue weighted by atomic mass is 9.93. The lowest BCUT2D eigenvalue weighted by Crippen LogP contribution is -2.76. The summed E-state index contributed by atoms with van der Waals surface area (Å²) in [5, 5.41) is 5.59. The highest BCUT2D eigenvalue weighted by Gasteiger charge is 2.41. The van der Waals surface area contributed by atoms with Crippen LogP contribution in [0.2, 0.25) is 0 Å². The smallest absolute Gasteiger partial charge is 0.304 e. The predicted octanol–water partition coefficient (Wildman–Crippen LogP) is -0.972. The molecule has 3 aliphatic rings. The second kappa shape index (κ2) is 7.11. The van der Waals surface area contributed by atoms with Crippen LogP contribution in [0.3, 0.4) is 0 Å². The first-order valence-electron chi connectivity index (χ1n) is 7.72. The molecule has 2 N–H and O–H groups in total. The molecule has 2 heterocycles. The summed E-state index contributed by atoms with van der Waals surface area (Å²) >= 11 is 1.97. The van der Waals surface area contributed by atoms with Gasteiger partial charge in [0.25, 0.3) is 0 Å². The number of hydrogen-bond donors (Lipinski definition) is 2. The molecule has 0 aromatic heterocycles. The standard InChI is InChI=1S/C14H25N3O2S/c1-18-11-2-3-12-13(10-11)20-14(16-12)15-4-5-17-6-8-19-9-7-17/h11-13H,2-10H2,1H3,(H,15,16)/p+1. The largest absolute Gasteiger partial charge is 0.381 e. The van der Waals surface area contributed by atoms with E-state index >= 15 is 0 Å². The Labute approximate surface area is 125 Å². The van der Waals surface area contributed by atoms with Crippen molar-refractivity contribution >= 4 is 16.9 Å². The SMILES string of the molecule is COC1CCC2NC(=[NH+]CCN3CCOCC3)SC2C1. The summed E-state index contributed by atoms with van der Waals surface area (Å²) in [5.74, 6) is 0. The maximum absolute atomic E-state index is 5.51. The number of nitrogens with zero attached hydrogens (tertiary/aromatic N) is 1. The van der Waals surface area contributed by atoms with Crippen LogP contribution in [-0.4, -0.2) is 74.0 Å². The van der Waals surface area contributed by atoms with Crippen LogP contribution in [0.15, 0.2) is 0 Å². The Morgan fingerprint density at radius 1 is 1.40 bits per heavy atom. The molecule has 3 rings (SSSR count). The molecule has 1 aliphatic carbocycles. The molecular formula is C14H26N3O2S+. The number of thioether (sulfide) groups is 1. The Morgan fingerprint density at radius 2 is 2.25 bits per heavy atom. The predicted molar refractivity (Wildman–Crippen MR) is 81.0 cm³/mol. The van der Waals surface area contributed by atoms with Crippen molar-refractivity contribution < 1.29 is 14.5 Å². The zero-order valence-corrected chi connectivity index (χ0v) is 13.1. The number of rotatable bonds is 4. The van der Waals surface area contributed by atoms with E-state index in [2.05, 4.69) is 15.2 Å². The lowest BCUT2D eigenvalue weighted by Gasteiger charge is -2.26. The van der Waals surface area contributed by atoms with E-state index in [1.165, 1.54) is 24.4 Å². The number of methoxy groups -OCH3 is 1. The van der Waals surface area contributed by atoms with Crippen LogP contribution in [0.4, 0.5) is 0 Å². The quantitative estimate of drug-likeness (QED) is 0.699. The third-order valence-corrected chi connectivity index (χ3v) is 5.80. The highest BCUT2D eigenvalue weighted by Crippen LogP contribution is 2.34. The second-order valence-corrected chi connectivity index (χ2v) is 7.04. The summed E-state index contributed by atoms with van der Waals surface area (Å²) < 4.78 is 10.9. The van der Waals surface area contributed by atoms with E-state index in [-0.39, 0.29) is 0 Å². The molecule has 20 heavy (non-hydrogen) atoms. The van der Waals surface area contributed by atoms with E-state index in [1.54, 1.807) is 0 Å². The van der Waals surface area contributed by atoms with Crippen molar-refractivity contribution in [2.24, 2.45) is 0 Å². The van der Waals surface area contributed by atoms with Crippen molar-refractivity contribution in [3.8, 4) is 0 Å². The van der Waals surface area contributed by atoms with Crippen molar-refractivity contribution in [1.82, 2.24) is 10.2 Å². The fourth-order valence-corrected chi connectivity index (χ4v) is 4.59. The van der Waals surface area contributed by atoms with E-state index in [1.807, 2.05) is 18.9 Å². The number of ether oxygens (including phenoxy) is 2. The van der Waals surface area contributed by atoms with Crippen LogP contribution in [0.5, 0.6) is 0 Å². The molecule has 0 radical (unpaired) electrons. The number of amidine groups is 1. The van der Waals surface area contributed by atoms with Gasteiger partial charge in [0.05, 0.1) is 31.1 Å². The van der Waals surface area contributed by atoms with Gasteiger partial charge in [0.1, 0.15) is 6.04 Å². The summed E-state index contributed by atoms with van der Waals surface area (Å²) in [7, 11) is 1.84. The molecular weight excluding hydrogens is 274 g/mol. The number of nitrogens with one attached hydrogen (secondary N) is 2. The molecule has 1 saturated carbocycles. The maximum Gasteiger partial charge on any atom is 0.304 e. The third kappa shape index (κ3) is 3.67.